The largest absolute Gasteiger partial charge is 0.0851 e. The molecule has 3 fully saturated rings. The Kier molecular flexibility index (Phi) is 7.96. The topological polar surface area (TPSA) is 0 Å². The lowest BCUT2D eigenvalue weighted by Crippen LogP contribution is -2.07. The molecule has 3 saturated carbocycles. The van der Waals surface area contributed by atoms with Crippen molar-refractivity contribution in [2.45, 2.75) is 50.9 Å². The average Bonchev–Trinajstić information content (AvgIpc) is 3.54. The van der Waals surface area contributed by atoms with Crippen molar-refractivity contribution in [3.05, 3.63) is 78.8 Å². The normalized spacial score (nSPS) is 30.5. The van der Waals surface area contributed by atoms with Crippen LogP contribution in [0.1, 0.15) is 56.4 Å². The van der Waals surface area contributed by atoms with Gasteiger partial charge in [-0.3, -0.25) is 0 Å². The molecule has 0 heterocycles. The lowest BCUT2D eigenvalue weighted by molar-refractivity contribution is 0.420. The fourth-order valence-electron chi connectivity index (χ4n) is 5.51. The van der Waals surface area contributed by atoms with Crippen molar-refractivity contribution < 1.29 is 0 Å². The Morgan fingerprint density at radius 1 is 0.655 bits per heavy atom. The van der Waals surface area contributed by atoms with E-state index in [9.17, 15) is 0 Å². The van der Waals surface area contributed by atoms with Crippen LogP contribution in [0.3, 0.4) is 0 Å². The van der Waals surface area contributed by atoms with Crippen LogP contribution in [0.4, 0.5) is 0 Å². The van der Waals surface area contributed by atoms with Crippen LogP contribution in [-0.4, -0.2) is 0 Å². The molecule has 4 aliphatic rings. The third kappa shape index (κ3) is 6.20. The summed E-state index contributed by atoms with van der Waals surface area (Å²) in [5.41, 5.74) is 1.57. The van der Waals surface area contributed by atoms with E-state index in [1.165, 1.54) is 53.0 Å². The van der Waals surface area contributed by atoms with E-state index in [4.69, 9.17) is 0 Å². The van der Waals surface area contributed by atoms with Crippen LogP contribution >= 0.6 is 54.5 Å². The van der Waals surface area contributed by atoms with Gasteiger partial charge in [-0.05, 0) is 133 Å². The average molecular weight is 628 g/mol. The highest BCUT2D eigenvalue weighted by atomic mass is 127. The quantitative estimate of drug-likeness (QED) is 0.218. The zero-order chi connectivity index (χ0) is 20.2. The summed E-state index contributed by atoms with van der Waals surface area (Å²) in [6, 6.07) is 17.1. The predicted octanol–water partition coefficient (Wildman–Crippen LogP) is 9.38. The molecule has 3 heteroatoms. The van der Waals surface area contributed by atoms with Gasteiger partial charge in [0.15, 0.2) is 0 Å². The highest BCUT2D eigenvalue weighted by Gasteiger charge is 2.39. The Balaban J connectivity index is 0.000000116. The first kappa shape index (κ1) is 22.1. The second-order valence-electron chi connectivity index (χ2n) is 8.99. The molecule has 0 radical (unpaired) electrons. The van der Waals surface area contributed by atoms with Crippen molar-refractivity contribution in [1.82, 2.24) is 0 Å². The maximum Gasteiger partial charge on any atom is 0.0175 e. The molecule has 0 nitrogen and oxygen atoms in total. The Morgan fingerprint density at radius 3 is 1.62 bits per heavy atom. The molecule has 154 valence electrons. The third-order valence-electron chi connectivity index (χ3n) is 7.01. The number of hydrogen-bond acceptors (Lipinski definition) is 0. The van der Waals surface area contributed by atoms with Gasteiger partial charge >= 0.3 is 0 Å². The monoisotopic (exact) mass is 626 g/mol. The van der Waals surface area contributed by atoms with Crippen LogP contribution < -0.4 is 0 Å². The molecule has 0 N–H and O–H groups in total. The van der Waals surface area contributed by atoms with Crippen LogP contribution in [0.15, 0.2) is 69.6 Å². The van der Waals surface area contributed by atoms with Crippen LogP contribution in [0.2, 0.25) is 0 Å². The Bertz CT molecular complexity index is 779. The van der Waals surface area contributed by atoms with Crippen molar-refractivity contribution in [2.75, 3.05) is 0 Å². The summed E-state index contributed by atoms with van der Waals surface area (Å²) in [6.07, 6.45) is 15.1. The number of halogens is 3. The first-order chi connectivity index (χ1) is 14.1. The number of allylic oxidation sites excluding steroid dienone is 2. The van der Waals surface area contributed by atoms with Gasteiger partial charge in [-0.25, -0.2) is 0 Å². The molecule has 0 aliphatic heterocycles. The Morgan fingerprint density at radius 2 is 1.24 bits per heavy atom. The summed E-state index contributed by atoms with van der Waals surface area (Å²) >= 11 is 9.11. The van der Waals surface area contributed by atoms with Crippen LogP contribution in [0.25, 0.3) is 0 Å². The molecule has 0 aromatic heterocycles. The molecule has 5 unspecified atom stereocenters. The standard InChI is InChI=1S/C13H15Br.C7H10.C6H4BrI/c14-12-5-3-10(4-6-12)13-8-9-1-2-11(13)7-9;1-2-7-4-3-6(1)5-7;7-5-1-3-6(8)4-2-5/h3-6,9,11,13H,1-2,7-8H2;1-2,6-7H,3-5H2;1-4H. The van der Waals surface area contributed by atoms with E-state index in [0.29, 0.717) is 0 Å². The number of benzene rings is 2. The van der Waals surface area contributed by atoms with Gasteiger partial charge < -0.3 is 0 Å². The molecule has 0 saturated heterocycles. The third-order valence-corrected chi connectivity index (χ3v) is 8.79. The van der Waals surface area contributed by atoms with E-state index in [-0.39, 0.29) is 0 Å². The van der Waals surface area contributed by atoms with Crippen molar-refractivity contribution in [3.8, 4) is 0 Å². The molecule has 4 bridgehead atoms. The van der Waals surface area contributed by atoms with Crippen molar-refractivity contribution in [3.63, 3.8) is 0 Å². The van der Waals surface area contributed by atoms with Gasteiger partial charge in [-0.15, -0.1) is 0 Å². The summed E-state index contributed by atoms with van der Waals surface area (Å²) in [5.74, 6) is 4.91. The fraction of sp³-hybridized carbons (Fsp3) is 0.462. The van der Waals surface area contributed by atoms with Gasteiger partial charge in [-0.2, -0.15) is 0 Å². The van der Waals surface area contributed by atoms with Gasteiger partial charge in [0, 0.05) is 12.5 Å². The SMILES string of the molecule is Brc1ccc(C2CC3CCC2C3)cc1.Brc1ccc(I)cc1.C1=CC2CCC1C2. The van der Waals surface area contributed by atoms with E-state index in [0.717, 1.165) is 34.1 Å². The van der Waals surface area contributed by atoms with Crippen molar-refractivity contribution in [2.24, 2.45) is 23.7 Å². The molecule has 0 amide bonds. The van der Waals surface area contributed by atoms with E-state index < -0.39 is 0 Å². The van der Waals surface area contributed by atoms with E-state index in [1.807, 2.05) is 12.1 Å². The lowest BCUT2D eigenvalue weighted by Gasteiger charge is -2.21. The summed E-state index contributed by atoms with van der Waals surface area (Å²) in [4.78, 5) is 0. The number of fused-ring (bicyclic) bond motifs is 4. The molecule has 2 aromatic rings. The van der Waals surface area contributed by atoms with Gasteiger partial charge in [-0.1, -0.05) is 62.6 Å². The molecular formula is C26H29Br2I. The lowest BCUT2D eigenvalue weighted by atomic mass is 9.84. The Hall–Kier alpha value is -0.130. The van der Waals surface area contributed by atoms with Crippen LogP contribution in [-0.2, 0) is 0 Å². The molecule has 29 heavy (non-hydrogen) atoms. The highest BCUT2D eigenvalue weighted by molar-refractivity contribution is 14.1. The fourth-order valence-corrected chi connectivity index (χ4v) is 6.40. The van der Waals surface area contributed by atoms with E-state index in [2.05, 4.69) is 103 Å². The van der Waals surface area contributed by atoms with Gasteiger partial charge in [0.1, 0.15) is 0 Å². The first-order valence-electron chi connectivity index (χ1n) is 10.9. The summed E-state index contributed by atoms with van der Waals surface area (Å²) in [6.45, 7) is 0. The summed E-state index contributed by atoms with van der Waals surface area (Å²) in [5, 5.41) is 0. The molecule has 2 aromatic carbocycles. The molecule has 4 aliphatic carbocycles. The predicted molar refractivity (Wildman–Crippen MR) is 139 cm³/mol. The second-order valence-corrected chi connectivity index (χ2v) is 12.1. The number of rotatable bonds is 1. The molecule has 6 rings (SSSR count). The Labute approximate surface area is 206 Å². The van der Waals surface area contributed by atoms with Gasteiger partial charge in [0.2, 0.25) is 0 Å². The summed E-state index contributed by atoms with van der Waals surface area (Å²) in [7, 11) is 0. The smallest absolute Gasteiger partial charge is 0.0175 e. The second kappa shape index (κ2) is 10.5. The maximum atomic E-state index is 3.49. The molecule has 0 spiro atoms. The van der Waals surface area contributed by atoms with E-state index in [1.54, 1.807) is 5.56 Å². The van der Waals surface area contributed by atoms with Gasteiger partial charge in [0.05, 0.1) is 0 Å². The minimum absolute atomic E-state index is 0.877. The molecule has 5 atom stereocenters. The zero-order valence-electron chi connectivity index (χ0n) is 16.7. The number of hydrogen-bond donors (Lipinski definition) is 0. The van der Waals surface area contributed by atoms with Crippen LogP contribution in [0, 0.1) is 27.2 Å². The van der Waals surface area contributed by atoms with Crippen molar-refractivity contribution in [1.29, 1.82) is 0 Å². The molecular weight excluding hydrogens is 599 g/mol. The van der Waals surface area contributed by atoms with Gasteiger partial charge in [0.25, 0.3) is 0 Å². The minimum Gasteiger partial charge on any atom is -0.0851 e. The first-order valence-corrected chi connectivity index (χ1v) is 13.6. The zero-order valence-corrected chi connectivity index (χ0v) is 22.1. The van der Waals surface area contributed by atoms with Crippen molar-refractivity contribution >= 4 is 54.5 Å². The summed E-state index contributed by atoms with van der Waals surface area (Å²) < 4.78 is 3.60. The maximum absolute atomic E-state index is 3.49. The minimum atomic E-state index is 0.877. The highest BCUT2D eigenvalue weighted by Crippen LogP contribution is 2.52. The van der Waals surface area contributed by atoms with Crippen LogP contribution in [0.5, 0.6) is 0 Å². The van der Waals surface area contributed by atoms with E-state index >= 15 is 0 Å².